The van der Waals surface area contributed by atoms with Gasteiger partial charge in [-0.15, -0.1) is 68.0 Å². The topological polar surface area (TPSA) is 116 Å². The van der Waals surface area contributed by atoms with Crippen molar-refractivity contribution in [2.75, 3.05) is 0 Å². The summed E-state index contributed by atoms with van der Waals surface area (Å²) in [6, 6.07) is 13.1. The van der Waals surface area contributed by atoms with Gasteiger partial charge in [0.2, 0.25) is 0 Å². The Balaban J connectivity index is 0.000000221. The van der Waals surface area contributed by atoms with Crippen molar-refractivity contribution < 1.29 is 50.4 Å². The summed E-state index contributed by atoms with van der Waals surface area (Å²) in [5.41, 5.74) is 1.02. The van der Waals surface area contributed by atoms with E-state index in [-0.39, 0.29) is 46.1 Å². The molecule has 138 heavy (non-hydrogen) atoms. The van der Waals surface area contributed by atoms with E-state index < -0.39 is 71.1 Å². The van der Waals surface area contributed by atoms with Crippen LogP contribution >= 0.6 is 107 Å². The molecule has 2 saturated heterocycles. The summed E-state index contributed by atoms with van der Waals surface area (Å²) in [4.78, 5) is 8.55. The highest BCUT2D eigenvalue weighted by molar-refractivity contribution is 9.11. The Morgan fingerprint density at radius 2 is 0.551 bits per heavy atom. The lowest BCUT2D eigenvalue weighted by molar-refractivity contribution is 0.00578. The number of nitrogens with zero attached hydrogens (tertiary/aromatic N) is 4. The predicted molar refractivity (Wildman–Crippen MR) is 591 cm³/mol. The molecule has 26 heteroatoms. The van der Waals surface area contributed by atoms with Crippen molar-refractivity contribution in [3.05, 3.63) is 96.3 Å². The lowest BCUT2D eigenvalue weighted by atomic mass is 9.71. The van der Waals surface area contributed by atoms with E-state index in [1.807, 2.05) is 78.1 Å². The van der Waals surface area contributed by atoms with Crippen LogP contribution in [0.15, 0.2) is 56.3 Å². The summed E-state index contributed by atoms with van der Waals surface area (Å²) in [7, 11) is -2.21. The first-order valence-electron chi connectivity index (χ1n) is 52.1. The minimum atomic E-state index is -1.10. The SMILES string of the molecule is C.CC(C)CCCC(C)CCC1(CCC(C)CCCC(C)C)Oc2ccsc2-c2sc(-c3c(F)c(F)c(-c4cc5c(s4)-c4sccc4OC5(CCC(C)CCCC(C)C)CCC(C)CCCC(C)C)c4nsnc34)cc21.CC(C)CCCC(C)CCC1(CCC(C)CCCC(C)C)Oc2ccsc2-c2sc(Br)cc21.CC1(C)OB(c2c(F)c(F)c(B3OC(C)(C)C(C)(C)O3)c3nsnc23)OC1(C)C. The van der Waals surface area contributed by atoms with Crippen LogP contribution in [0.3, 0.4) is 0 Å². The molecule has 0 saturated carbocycles. The van der Waals surface area contributed by atoms with E-state index in [2.05, 4.69) is 202 Å². The quantitative estimate of drug-likeness (QED) is 0.0268. The van der Waals surface area contributed by atoms with Gasteiger partial charge in [-0.25, -0.2) is 17.6 Å². The zero-order valence-electron chi connectivity index (χ0n) is 87.3. The van der Waals surface area contributed by atoms with E-state index in [1.54, 1.807) is 45.3 Å². The predicted octanol–water partition coefficient (Wildman–Crippen LogP) is 37.5. The molecule has 15 rings (SSSR count). The third kappa shape index (κ3) is 26.3. The van der Waals surface area contributed by atoms with Crippen LogP contribution in [0.5, 0.6) is 17.2 Å². The van der Waals surface area contributed by atoms with Gasteiger partial charge in [-0.1, -0.05) is 248 Å². The molecule has 5 aliphatic heterocycles. The Morgan fingerprint density at radius 3 is 0.804 bits per heavy atom. The van der Waals surface area contributed by atoms with Crippen LogP contribution < -0.4 is 25.1 Å². The summed E-state index contributed by atoms with van der Waals surface area (Å²) in [5.74, 6) is 7.19. The average molecular weight is 2110 g/mol. The van der Waals surface area contributed by atoms with Crippen LogP contribution in [-0.4, -0.2) is 54.1 Å². The Hall–Kier alpha value is -4.15. The maximum absolute atomic E-state index is 17.8. The van der Waals surface area contributed by atoms with E-state index in [0.717, 1.165) is 159 Å². The third-order valence-electron chi connectivity index (χ3n) is 30.9. The van der Waals surface area contributed by atoms with Crippen LogP contribution in [-0.2, 0) is 35.4 Å². The number of rotatable bonds is 46. The van der Waals surface area contributed by atoms with E-state index in [0.29, 0.717) is 68.1 Å². The van der Waals surface area contributed by atoms with Gasteiger partial charge < -0.3 is 32.8 Å². The highest BCUT2D eigenvalue weighted by Crippen LogP contribution is 2.62. The summed E-state index contributed by atoms with van der Waals surface area (Å²) >= 11 is 15.9. The molecule has 0 N–H and O–H groups in total. The molecule has 2 fully saturated rings. The van der Waals surface area contributed by atoms with Gasteiger partial charge in [0.25, 0.3) is 0 Å². The van der Waals surface area contributed by atoms with Crippen LogP contribution in [0, 0.1) is 94.3 Å². The molecule has 6 unspecified atom stereocenters. The van der Waals surface area contributed by atoms with Crippen molar-refractivity contribution in [3.8, 4) is 67.4 Å². The molecule has 0 bridgehead atoms. The number of aromatic nitrogens is 4. The van der Waals surface area contributed by atoms with Gasteiger partial charge in [-0.05, 0) is 272 Å². The number of fused-ring (bicyclic) bond motifs is 11. The van der Waals surface area contributed by atoms with Gasteiger partial charge >= 0.3 is 14.2 Å². The van der Waals surface area contributed by atoms with E-state index >= 15 is 17.6 Å². The molecule has 2 aromatic carbocycles. The summed E-state index contributed by atoms with van der Waals surface area (Å²) in [6.45, 7) is 57.1. The van der Waals surface area contributed by atoms with Gasteiger partial charge in [0.05, 0.1) is 101 Å². The molecule has 0 amide bonds. The van der Waals surface area contributed by atoms with Gasteiger partial charge in [-0.3, -0.25) is 0 Å². The standard InChI is InChI=1S/C64H90F2N2O2S5.C29H45BrOS2.C18H24B2F2N2O4S.CH4/c1-39(2)17-13-21-43(9)25-31-63(32-26-44(10)22-14-18-40(3)4)47-37-51(73-59(47)61-49(69-63)29-35-71-61)53-55(65)56(66)54(58-57(53)67-75-68-58)52-38-48-60(74-52)62-50(30-36-72-62)70-64(48,33-27-45(11)23-15-19-41(5)6)34-28-46(12)24-16-20-42(7)8;1-20(2)9-7-11-22(5)13-16-29(17-14-23(6)12-8-10-21(3)4)24-19-26(30)33-27(24)28-25(31-29)15-18-32-28;1-15(2)16(3,4)26-19(25-15)9-11(21)12(22)10(14-13(9)23-29-24-14)20-27-17(5,6)18(7,8)28-20;/h29-30,35-46H,13-28,31-34H2,1-12H3;15,18-23H,7-14,16-17H2,1-6H3;1-8H3;1H4. The van der Waals surface area contributed by atoms with Gasteiger partial charge in [0.15, 0.2) is 23.3 Å². The van der Waals surface area contributed by atoms with Crippen LogP contribution in [0.2, 0.25) is 0 Å². The Bertz CT molecular complexity index is 5210. The average Bonchev–Trinajstić information content (AvgIpc) is 1.58. The molecule has 0 aliphatic carbocycles. The molecule has 762 valence electrons. The normalized spacial score (nSPS) is 20.1. The number of benzene rings is 2. The molecule has 6 atom stereocenters. The van der Waals surface area contributed by atoms with Crippen LogP contribution in [0.4, 0.5) is 17.6 Å². The highest BCUT2D eigenvalue weighted by Gasteiger charge is 2.58. The Labute approximate surface area is 869 Å². The summed E-state index contributed by atoms with van der Waals surface area (Å²) in [6.07, 6.45) is 35.2. The van der Waals surface area contributed by atoms with E-state index in [4.69, 9.17) is 41.6 Å². The second-order valence-corrected chi connectivity index (χ2v) is 54.7. The summed E-state index contributed by atoms with van der Waals surface area (Å²) in [5, 5.41) is 6.43. The minimum absolute atomic E-state index is 0. The van der Waals surface area contributed by atoms with Crippen molar-refractivity contribution in [3.63, 3.8) is 0 Å². The maximum atomic E-state index is 17.8. The molecular formula is C112H163B2BrF4N4O7S8. The first-order chi connectivity index (χ1) is 64.8. The third-order valence-corrected chi connectivity index (χ3v) is 39.1. The van der Waals surface area contributed by atoms with Crippen molar-refractivity contribution in [1.82, 2.24) is 17.5 Å². The van der Waals surface area contributed by atoms with Gasteiger partial charge in [0.1, 0.15) is 56.1 Å². The lowest BCUT2D eigenvalue weighted by Crippen LogP contribution is -2.44. The molecule has 11 nitrogen and oxygen atoms in total. The fourth-order valence-corrected chi connectivity index (χ4v) is 28.9. The number of thiophene rings is 6. The first kappa shape index (κ1) is 113. The van der Waals surface area contributed by atoms with Gasteiger partial charge in [-0.2, -0.15) is 17.5 Å². The van der Waals surface area contributed by atoms with Crippen LogP contribution in [0.1, 0.15) is 397 Å². The van der Waals surface area contributed by atoms with E-state index in [9.17, 15) is 0 Å². The fourth-order valence-electron chi connectivity index (χ4n) is 20.5. The van der Waals surface area contributed by atoms with Crippen molar-refractivity contribution in [2.45, 2.75) is 419 Å². The molecule has 10 aromatic rings. The smallest absolute Gasteiger partial charge is 0.481 e. The number of hydrogen-bond donors (Lipinski definition) is 0. The minimum Gasteiger partial charge on any atom is -0.481 e. The number of halogens is 5. The molecule has 8 aromatic heterocycles. The van der Waals surface area contributed by atoms with Crippen LogP contribution in [0.25, 0.3) is 72.2 Å². The molecule has 0 radical (unpaired) electrons. The number of hydrogen-bond acceptors (Lipinski definition) is 19. The van der Waals surface area contributed by atoms with Gasteiger partial charge in [0, 0.05) is 26.4 Å². The molecule has 5 aliphatic rings. The zero-order valence-corrected chi connectivity index (χ0v) is 95.4. The van der Waals surface area contributed by atoms with Crippen molar-refractivity contribution in [1.29, 1.82) is 0 Å². The van der Waals surface area contributed by atoms with Crippen molar-refractivity contribution in [2.24, 2.45) is 71.0 Å². The van der Waals surface area contributed by atoms with E-state index in [1.165, 1.54) is 148 Å². The largest absolute Gasteiger partial charge is 0.500 e. The number of ether oxygens (including phenoxy) is 3. The molecular weight excluding hydrogens is 1950 g/mol. The fraction of sp³-hybridized carbons (Fsp3) is 0.679. The maximum Gasteiger partial charge on any atom is 0.500 e. The lowest BCUT2D eigenvalue weighted by Gasteiger charge is -2.39. The molecule has 13 heterocycles. The highest BCUT2D eigenvalue weighted by atomic mass is 79.9. The first-order valence-corrected chi connectivity index (χ1v) is 59.5. The zero-order chi connectivity index (χ0) is 99.2. The monoisotopic (exact) mass is 2110 g/mol. The second-order valence-electron chi connectivity index (χ2n) is 46.4. The molecule has 0 spiro atoms. The Morgan fingerprint density at radius 1 is 0.312 bits per heavy atom. The second kappa shape index (κ2) is 48.2. The summed E-state index contributed by atoms with van der Waals surface area (Å²) < 4.78 is 131. The van der Waals surface area contributed by atoms with Crippen molar-refractivity contribution >= 4 is 155 Å². The Kier molecular flexibility index (Phi) is 39.3.